The third-order valence-corrected chi connectivity index (χ3v) is 6.58. The van der Waals surface area contributed by atoms with Crippen molar-refractivity contribution in [2.75, 3.05) is 4.90 Å². The van der Waals surface area contributed by atoms with Gasteiger partial charge >= 0.3 is 5.91 Å². The highest BCUT2D eigenvalue weighted by Gasteiger charge is 2.48. The monoisotopic (exact) mass is 465 g/mol. The average molecular weight is 466 g/mol. The van der Waals surface area contributed by atoms with E-state index in [0.29, 0.717) is 23.1 Å². The number of aromatic amines is 1. The number of hydrogen-bond donors (Lipinski definition) is 2. The van der Waals surface area contributed by atoms with Gasteiger partial charge in [0.1, 0.15) is 17.6 Å². The summed E-state index contributed by atoms with van der Waals surface area (Å²) in [6, 6.07) is 19.5. The number of para-hydroxylation sites is 2. The molecule has 35 heavy (non-hydrogen) atoms. The summed E-state index contributed by atoms with van der Waals surface area (Å²) in [5, 5.41) is 11.4. The second-order valence-corrected chi connectivity index (χ2v) is 9.12. The van der Waals surface area contributed by atoms with Crippen LogP contribution in [0.2, 0.25) is 0 Å². The van der Waals surface area contributed by atoms with Crippen molar-refractivity contribution in [3.63, 3.8) is 0 Å². The standard InChI is InChI=1S/C28H23N3O4/c1-15-6-5-7-17(12-15)24-23(25(32)18-10-11-22-19(14-18)13-16(2)35-22)26(33)27(34)31(24)28-29-20-8-3-4-9-21(20)30-28/h3-12,14,16,24,32H,13H2,1-2H3,(H,29,30)/b25-23+. The molecule has 2 aliphatic rings. The Morgan fingerprint density at radius 3 is 2.71 bits per heavy atom. The number of nitrogens with zero attached hydrogens (tertiary/aromatic N) is 2. The first-order valence-corrected chi connectivity index (χ1v) is 11.5. The fourth-order valence-corrected chi connectivity index (χ4v) is 4.98. The number of hydrogen-bond acceptors (Lipinski definition) is 5. The lowest BCUT2D eigenvalue weighted by atomic mass is 9.94. The molecule has 0 spiro atoms. The molecule has 3 aromatic carbocycles. The highest BCUT2D eigenvalue weighted by molar-refractivity contribution is 6.51. The van der Waals surface area contributed by atoms with Gasteiger partial charge in [-0.15, -0.1) is 0 Å². The number of aliphatic hydroxyl groups is 1. The van der Waals surface area contributed by atoms with Crippen LogP contribution in [-0.2, 0) is 16.0 Å². The van der Waals surface area contributed by atoms with Gasteiger partial charge in [-0.05, 0) is 55.3 Å². The van der Waals surface area contributed by atoms with E-state index in [0.717, 1.165) is 22.4 Å². The van der Waals surface area contributed by atoms with Crippen LogP contribution in [-0.4, -0.2) is 32.9 Å². The number of imidazole rings is 1. The number of amides is 1. The van der Waals surface area contributed by atoms with Crippen LogP contribution in [0.4, 0.5) is 5.95 Å². The first kappa shape index (κ1) is 21.2. The molecule has 174 valence electrons. The molecule has 2 N–H and O–H groups in total. The van der Waals surface area contributed by atoms with E-state index in [9.17, 15) is 14.7 Å². The van der Waals surface area contributed by atoms with Crippen LogP contribution >= 0.6 is 0 Å². The van der Waals surface area contributed by atoms with E-state index in [-0.39, 0.29) is 23.4 Å². The Morgan fingerprint density at radius 1 is 1.09 bits per heavy atom. The van der Waals surface area contributed by atoms with Gasteiger partial charge in [0.2, 0.25) is 5.95 Å². The summed E-state index contributed by atoms with van der Waals surface area (Å²) in [6.45, 7) is 3.93. The molecule has 1 aromatic heterocycles. The number of Topliss-reactive ketones (excluding diaryl/α,β-unsaturated/α-hetero) is 1. The minimum Gasteiger partial charge on any atom is -0.507 e. The van der Waals surface area contributed by atoms with Gasteiger partial charge in [-0.1, -0.05) is 42.0 Å². The van der Waals surface area contributed by atoms with E-state index in [1.807, 2.05) is 68.4 Å². The molecule has 7 nitrogen and oxygen atoms in total. The maximum absolute atomic E-state index is 13.4. The molecule has 3 heterocycles. The number of ketones is 1. The Morgan fingerprint density at radius 2 is 1.91 bits per heavy atom. The second-order valence-electron chi connectivity index (χ2n) is 9.12. The number of H-pyrrole nitrogens is 1. The average Bonchev–Trinajstić information content (AvgIpc) is 3.51. The molecule has 0 aliphatic carbocycles. The number of carbonyl (C=O) groups excluding carboxylic acids is 2. The fourth-order valence-electron chi connectivity index (χ4n) is 4.98. The second kappa shape index (κ2) is 7.84. The van der Waals surface area contributed by atoms with Crippen molar-refractivity contribution >= 4 is 34.4 Å². The van der Waals surface area contributed by atoms with Crippen LogP contribution in [0, 0.1) is 6.92 Å². The van der Waals surface area contributed by atoms with Crippen molar-refractivity contribution in [2.24, 2.45) is 0 Å². The van der Waals surface area contributed by atoms with Crippen LogP contribution in [0.3, 0.4) is 0 Å². The van der Waals surface area contributed by atoms with E-state index in [2.05, 4.69) is 9.97 Å². The van der Waals surface area contributed by atoms with Crippen molar-refractivity contribution in [1.29, 1.82) is 0 Å². The van der Waals surface area contributed by atoms with Gasteiger partial charge < -0.3 is 14.8 Å². The molecule has 2 atom stereocenters. The maximum Gasteiger partial charge on any atom is 0.302 e. The molecule has 0 radical (unpaired) electrons. The smallest absolute Gasteiger partial charge is 0.302 e. The number of aryl methyl sites for hydroxylation is 1. The number of fused-ring (bicyclic) bond motifs is 2. The summed E-state index contributed by atoms with van der Waals surface area (Å²) in [6.07, 6.45) is 0.763. The number of nitrogens with one attached hydrogen (secondary N) is 1. The number of benzene rings is 3. The Hall–Kier alpha value is -4.39. The molecular formula is C28H23N3O4. The number of ether oxygens (including phenoxy) is 1. The van der Waals surface area contributed by atoms with Gasteiger partial charge in [0.05, 0.1) is 22.6 Å². The number of aromatic nitrogens is 2. The number of rotatable bonds is 3. The topological polar surface area (TPSA) is 95.5 Å². The van der Waals surface area contributed by atoms with Gasteiger partial charge in [-0.2, -0.15) is 0 Å². The molecule has 1 saturated heterocycles. The minimum absolute atomic E-state index is 0.0352. The van der Waals surface area contributed by atoms with Crippen molar-refractivity contribution in [1.82, 2.24) is 9.97 Å². The number of carbonyl (C=O) groups is 2. The maximum atomic E-state index is 13.4. The first-order chi connectivity index (χ1) is 16.9. The third kappa shape index (κ3) is 3.39. The molecule has 1 amide bonds. The van der Waals surface area contributed by atoms with Crippen LogP contribution in [0.15, 0.2) is 72.3 Å². The van der Waals surface area contributed by atoms with E-state index < -0.39 is 17.7 Å². The molecular weight excluding hydrogens is 442 g/mol. The van der Waals surface area contributed by atoms with Crippen LogP contribution in [0.5, 0.6) is 5.75 Å². The van der Waals surface area contributed by atoms with Gasteiger partial charge in [-0.3, -0.25) is 14.5 Å². The normalized spacial score (nSPS) is 20.9. The Balaban J connectivity index is 1.54. The summed E-state index contributed by atoms with van der Waals surface area (Å²) >= 11 is 0. The Bertz CT molecular complexity index is 1520. The number of aliphatic hydroxyl groups excluding tert-OH is 1. The molecule has 0 saturated carbocycles. The van der Waals surface area contributed by atoms with E-state index in [4.69, 9.17) is 4.74 Å². The van der Waals surface area contributed by atoms with Crippen LogP contribution in [0.1, 0.15) is 35.2 Å². The molecule has 2 unspecified atom stereocenters. The third-order valence-electron chi connectivity index (χ3n) is 6.58. The van der Waals surface area contributed by atoms with Crippen LogP contribution < -0.4 is 9.64 Å². The lowest BCUT2D eigenvalue weighted by molar-refractivity contribution is -0.132. The van der Waals surface area contributed by atoms with Crippen molar-refractivity contribution in [3.05, 3.63) is 94.6 Å². The van der Waals surface area contributed by atoms with Gasteiger partial charge in [0, 0.05) is 12.0 Å². The van der Waals surface area contributed by atoms with Crippen molar-refractivity contribution in [2.45, 2.75) is 32.4 Å². The molecule has 6 rings (SSSR count). The summed E-state index contributed by atoms with van der Waals surface area (Å²) in [4.78, 5) is 35.9. The van der Waals surface area contributed by atoms with Crippen molar-refractivity contribution < 1.29 is 19.4 Å². The first-order valence-electron chi connectivity index (χ1n) is 11.5. The highest BCUT2D eigenvalue weighted by atomic mass is 16.5. The Labute approximate surface area is 201 Å². The lowest BCUT2D eigenvalue weighted by Gasteiger charge is -2.23. The summed E-state index contributed by atoms with van der Waals surface area (Å²) < 4.78 is 5.77. The molecule has 1 fully saturated rings. The SMILES string of the molecule is Cc1cccc(C2/C(=C(\O)c3ccc4c(c3)CC(C)O4)C(=O)C(=O)N2c2nc3ccccc3[nH]2)c1. The zero-order valence-electron chi connectivity index (χ0n) is 19.3. The molecule has 7 heteroatoms. The minimum atomic E-state index is -0.834. The van der Waals surface area contributed by atoms with E-state index in [1.54, 1.807) is 12.1 Å². The quantitative estimate of drug-likeness (QED) is 0.257. The zero-order chi connectivity index (χ0) is 24.3. The molecule has 0 bridgehead atoms. The van der Waals surface area contributed by atoms with Crippen LogP contribution in [0.25, 0.3) is 16.8 Å². The lowest BCUT2D eigenvalue weighted by Crippen LogP contribution is -2.30. The zero-order valence-corrected chi connectivity index (χ0v) is 19.3. The summed E-state index contributed by atoms with van der Waals surface area (Å²) in [5.41, 5.74) is 4.58. The Kier molecular flexibility index (Phi) is 4.74. The molecule has 4 aromatic rings. The van der Waals surface area contributed by atoms with E-state index in [1.165, 1.54) is 4.90 Å². The highest BCUT2D eigenvalue weighted by Crippen LogP contribution is 2.42. The summed E-state index contributed by atoms with van der Waals surface area (Å²) in [7, 11) is 0. The van der Waals surface area contributed by atoms with Gasteiger partial charge in [0.15, 0.2) is 0 Å². The molecule has 2 aliphatic heterocycles. The fraction of sp³-hybridized carbons (Fsp3) is 0.179. The van der Waals surface area contributed by atoms with Gasteiger partial charge in [0.25, 0.3) is 5.78 Å². The van der Waals surface area contributed by atoms with E-state index >= 15 is 0 Å². The predicted octanol–water partition coefficient (Wildman–Crippen LogP) is 4.82. The summed E-state index contributed by atoms with van der Waals surface area (Å²) in [5.74, 6) is -0.673. The number of anilines is 1. The predicted molar refractivity (Wildman–Crippen MR) is 132 cm³/mol. The van der Waals surface area contributed by atoms with Gasteiger partial charge in [-0.25, -0.2) is 4.98 Å². The largest absolute Gasteiger partial charge is 0.507 e. The van der Waals surface area contributed by atoms with Crippen molar-refractivity contribution in [3.8, 4) is 5.75 Å².